The third-order valence-corrected chi connectivity index (χ3v) is 16.0. The molecule has 0 bridgehead atoms. The van der Waals surface area contributed by atoms with Crippen molar-refractivity contribution in [1.29, 1.82) is 0 Å². The van der Waals surface area contributed by atoms with Crippen LogP contribution in [0.15, 0.2) is 36.5 Å². The fourth-order valence-corrected chi connectivity index (χ4v) is 10.8. The molecule has 0 aromatic rings. The summed E-state index contributed by atoms with van der Waals surface area (Å²) in [5.41, 5.74) is 5.39. The lowest BCUT2D eigenvalue weighted by Gasteiger charge is -2.19. The number of hydrogen-bond acceptors (Lipinski definition) is 8. The lowest BCUT2D eigenvalue weighted by atomic mass is 10.0. The predicted molar refractivity (Wildman–Crippen MR) is 330 cm³/mol. The first-order valence-electron chi connectivity index (χ1n) is 33.5. The number of rotatable bonds is 64. The molecule has 9 nitrogen and oxygen atoms in total. The van der Waals surface area contributed by atoms with Crippen molar-refractivity contribution in [2.75, 3.05) is 26.4 Å². The highest BCUT2D eigenvalue weighted by molar-refractivity contribution is 7.47. The molecule has 0 radical (unpaired) electrons. The highest BCUT2D eigenvalue weighted by atomic mass is 31.2. The van der Waals surface area contributed by atoms with Crippen molar-refractivity contribution in [2.45, 2.75) is 354 Å². The molecule has 0 spiro atoms. The Bertz CT molecular complexity index is 1350. The molecule has 2 atom stereocenters. The second-order valence-electron chi connectivity index (χ2n) is 22.7. The topological polar surface area (TPSA) is 134 Å². The molecular formula is C67H128NO8P. The number of nitrogens with two attached hydrogens (primary N) is 1. The van der Waals surface area contributed by atoms with E-state index in [0.717, 1.165) is 70.6 Å². The molecule has 0 aliphatic heterocycles. The summed E-state index contributed by atoms with van der Waals surface area (Å²) < 4.78 is 33.1. The van der Waals surface area contributed by atoms with E-state index in [-0.39, 0.29) is 38.6 Å². The molecule has 0 aliphatic carbocycles. The second kappa shape index (κ2) is 63.4. The first kappa shape index (κ1) is 75.2. The van der Waals surface area contributed by atoms with E-state index in [2.05, 4.69) is 50.3 Å². The number of esters is 2. The number of hydrogen-bond donors (Lipinski definition) is 2. The summed E-state index contributed by atoms with van der Waals surface area (Å²) in [6, 6.07) is 0. The minimum atomic E-state index is -4.39. The van der Waals surface area contributed by atoms with Crippen LogP contribution in [0.3, 0.4) is 0 Å². The summed E-state index contributed by atoms with van der Waals surface area (Å²) >= 11 is 0. The average molecular weight is 1110 g/mol. The van der Waals surface area contributed by atoms with Gasteiger partial charge in [-0.2, -0.15) is 0 Å². The Kier molecular flexibility index (Phi) is 62.0. The fraction of sp³-hybridized carbons (Fsp3) is 0.881. The van der Waals surface area contributed by atoms with E-state index >= 15 is 0 Å². The van der Waals surface area contributed by atoms with Crippen LogP contribution in [0.2, 0.25) is 0 Å². The van der Waals surface area contributed by atoms with Crippen molar-refractivity contribution in [1.82, 2.24) is 0 Å². The minimum Gasteiger partial charge on any atom is -0.462 e. The molecule has 0 aromatic carbocycles. The van der Waals surface area contributed by atoms with E-state index in [1.165, 1.54) is 244 Å². The van der Waals surface area contributed by atoms with Gasteiger partial charge in [-0.25, -0.2) is 4.57 Å². The van der Waals surface area contributed by atoms with Gasteiger partial charge in [0.15, 0.2) is 6.10 Å². The van der Waals surface area contributed by atoms with Gasteiger partial charge in [0.1, 0.15) is 6.61 Å². The average Bonchev–Trinajstić information content (AvgIpc) is 3.42. The van der Waals surface area contributed by atoms with Crippen LogP contribution in [-0.4, -0.2) is 49.3 Å². The monoisotopic (exact) mass is 1110 g/mol. The normalized spacial score (nSPS) is 13.1. The van der Waals surface area contributed by atoms with Crippen LogP contribution in [0.1, 0.15) is 348 Å². The maximum Gasteiger partial charge on any atom is 0.472 e. The van der Waals surface area contributed by atoms with Crippen molar-refractivity contribution in [2.24, 2.45) is 5.73 Å². The SMILES string of the molecule is CCCCC/C=C\C/C=C\C/C=C\CCCCCCCCC(=O)OC(COC(=O)CCCCCCCCCCCCCCCCCCCCCCCCCCCCCCCCCCCCCCC)COP(=O)(O)OCCN. The van der Waals surface area contributed by atoms with Crippen molar-refractivity contribution in [3.8, 4) is 0 Å². The molecule has 0 aromatic heterocycles. The van der Waals surface area contributed by atoms with Crippen molar-refractivity contribution >= 4 is 19.8 Å². The Labute approximate surface area is 477 Å². The van der Waals surface area contributed by atoms with Gasteiger partial charge in [0.25, 0.3) is 0 Å². The molecule has 0 saturated carbocycles. The van der Waals surface area contributed by atoms with Crippen LogP contribution >= 0.6 is 7.82 Å². The quantitative estimate of drug-likeness (QED) is 0.0264. The van der Waals surface area contributed by atoms with E-state index < -0.39 is 26.5 Å². The number of allylic oxidation sites excluding steroid dienone is 6. The predicted octanol–water partition coefficient (Wildman–Crippen LogP) is 21.5. The van der Waals surface area contributed by atoms with Crippen molar-refractivity contribution in [3.05, 3.63) is 36.5 Å². The summed E-state index contributed by atoms with van der Waals surface area (Å²) in [6.45, 7) is 3.76. The van der Waals surface area contributed by atoms with Gasteiger partial charge in [-0.3, -0.25) is 18.6 Å². The number of phosphoric acid groups is 1. The molecule has 0 heterocycles. The number of ether oxygens (including phenoxy) is 2. The summed E-state index contributed by atoms with van der Waals surface area (Å²) in [4.78, 5) is 35.2. The largest absolute Gasteiger partial charge is 0.472 e. The first-order valence-corrected chi connectivity index (χ1v) is 35.0. The molecule has 0 aliphatic rings. The van der Waals surface area contributed by atoms with Gasteiger partial charge in [-0.15, -0.1) is 0 Å². The Morgan fingerprint density at radius 2 is 0.675 bits per heavy atom. The van der Waals surface area contributed by atoms with Crippen LogP contribution in [0, 0.1) is 0 Å². The van der Waals surface area contributed by atoms with E-state index in [0.29, 0.717) is 6.42 Å². The fourth-order valence-electron chi connectivity index (χ4n) is 10.1. The van der Waals surface area contributed by atoms with Crippen LogP contribution in [-0.2, 0) is 32.7 Å². The van der Waals surface area contributed by atoms with E-state index in [9.17, 15) is 19.0 Å². The minimum absolute atomic E-state index is 0.0519. The molecule has 0 amide bonds. The van der Waals surface area contributed by atoms with Gasteiger partial charge < -0.3 is 20.1 Å². The molecule has 77 heavy (non-hydrogen) atoms. The zero-order valence-corrected chi connectivity index (χ0v) is 51.9. The van der Waals surface area contributed by atoms with Crippen molar-refractivity contribution in [3.63, 3.8) is 0 Å². The third-order valence-electron chi connectivity index (χ3n) is 15.0. The maximum absolute atomic E-state index is 12.7. The molecule has 0 saturated heterocycles. The molecular weight excluding hydrogens is 978 g/mol. The van der Waals surface area contributed by atoms with E-state index in [4.69, 9.17) is 24.3 Å². The zero-order chi connectivity index (χ0) is 55.9. The third kappa shape index (κ3) is 63.3. The molecule has 10 heteroatoms. The van der Waals surface area contributed by atoms with Gasteiger partial charge in [-0.1, -0.05) is 320 Å². The van der Waals surface area contributed by atoms with Gasteiger partial charge in [-0.05, 0) is 51.4 Å². The molecule has 0 rings (SSSR count). The number of phosphoric ester groups is 1. The lowest BCUT2D eigenvalue weighted by Crippen LogP contribution is -2.29. The Balaban J connectivity index is 3.77. The highest BCUT2D eigenvalue weighted by Gasteiger charge is 2.26. The van der Waals surface area contributed by atoms with Gasteiger partial charge in [0, 0.05) is 19.4 Å². The first-order chi connectivity index (χ1) is 37.8. The zero-order valence-electron chi connectivity index (χ0n) is 51.0. The van der Waals surface area contributed by atoms with Gasteiger partial charge in [0.2, 0.25) is 0 Å². The summed E-state index contributed by atoms with van der Waals surface area (Å²) in [7, 11) is -4.39. The smallest absolute Gasteiger partial charge is 0.462 e. The Morgan fingerprint density at radius 1 is 0.390 bits per heavy atom. The lowest BCUT2D eigenvalue weighted by molar-refractivity contribution is -0.161. The van der Waals surface area contributed by atoms with Crippen LogP contribution < -0.4 is 5.73 Å². The van der Waals surface area contributed by atoms with Gasteiger partial charge in [0.05, 0.1) is 13.2 Å². The Morgan fingerprint density at radius 3 is 1.03 bits per heavy atom. The van der Waals surface area contributed by atoms with Crippen LogP contribution in [0.4, 0.5) is 0 Å². The number of carbonyl (C=O) groups excluding carboxylic acids is 2. The van der Waals surface area contributed by atoms with E-state index in [1.807, 2.05) is 0 Å². The molecule has 2 unspecified atom stereocenters. The van der Waals surface area contributed by atoms with Gasteiger partial charge >= 0.3 is 19.8 Å². The summed E-state index contributed by atoms with van der Waals surface area (Å²) in [5, 5.41) is 0. The molecule has 3 N–H and O–H groups in total. The Hall–Kier alpha value is -1.77. The molecule has 0 fully saturated rings. The highest BCUT2D eigenvalue weighted by Crippen LogP contribution is 2.43. The van der Waals surface area contributed by atoms with Crippen molar-refractivity contribution < 1.29 is 37.6 Å². The summed E-state index contributed by atoms with van der Waals surface area (Å²) in [6.07, 6.45) is 78.2. The standard InChI is InChI=1S/C67H128NO8P/c1-3-5-7-9-11-13-15-17-19-21-23-24-25-26-27-28-29-30-31-32-33-34-35-36-37-38-39-40-42-43-45-47-49-51-53-55-57-59-66(69)73-63-65(64-75-77(71,72)74-62-61-68)76-67(70)60-58-56-54-52-50-48-46-44-41-22-20-18-16-14-12-10-8-6-4-2/h12,14,18,20,41,44,65H,3-11,13,15-17,19,21-40,42-43,45-64,68H2,1-2H3,(H,71,72)/b14-12-,20-18-,44-41-. The number of unbranched alkanes of at least 4 members (excludes halogenated alkanes) is 45. The van der Waals surface area contributed by atoms with Crippen LogP contribution in [0.5, 0.6) is 0 Å². The van der Waals surface area contributed by atoms with Crippen LogP contribution in [0.25, 0.3) is 0 Å². The number of carbonyl (C=O) groups is 2. The summed E-state index contributed by atoms with van der Waals surface area (Å²) in [5.74, 6) is -0.827. The second-order valence-corrected chi connectivity index (χ2v) is 24.2. The maximum atomic E-state index is 12.7. The molecule has 454 valence electrons. The van der Waals surface area contributed by atoms with E-state index in [1.54, 1.807) is 0 Å².